The fourth-order valence-corrected chi connectivity index (χ4v) is 3.84. The molecule has 6 heteroatoms. The van der Waals surface area contributed by atoms with Gasteiger partial charge in [0.05, 0.1) is 23.6 Å². The van der Waals surface area contributed by atoms with E-state index in [-0.39, 0.29) is 11.8 Å². The second-order valence-corrected chi connectivity index (χ2v) is 7.10. The Morgan fingerprint density at radius 3 is 3.09 bits per heavy atom. The Bertz CT molecular complexity index is 674. The number of rotatable bonds is 4. The molecule has 0 spiro atoms. The Labute approximate surface area is 134 Å². The van der Waals surface area contributed by atoms with Gasteiger partial charge >= 0.3 is 0 Å². The molecule has 2 aliphatic rings. The highest BCUT2D eigenvalue weighted by atomic mass is 32.1. The molecular weight excluding hydrogens is 296 g/mol. The molecule has 1 fully saturated rings. The van der Waals surface area contributed by atoms with Crippen LogP contribution in [0.2, 0.25) is 0 Å². The number of aryl methyl sites for hydroxylation is 1. The molecule has 1 unspecified atom stereocenters. The van der Waals surface area contributed by atoms with Crippen molar-refractivity contribution in [3.63, 3.8) is 0 Å². The van der Waals surface area contributed by atoms with E-state index in [1.807, 2.05) is 17.9 Å². The maximum Gasteiger partial charge on any atom is 0.230 e. The summed E-state index contributed by atoms with van der Waals surface area (Å²) < 4.78 is 2.01. The number of nitrogens with one attached hydrogen (secondary N) is 1. The normalized spacial score (nSPS) is 21.6. The molecule has 1 atom stereocenters. The zero-order valence-corrected chi connectivity index (χ0v) is 13.5. The summed E-state index contributed by atoms with van der Waals surface area (Å²) in [6, 6.07) is 2.55. The summed E-state index contributed by atoms with van der Waals surface area (Å²) in [5.41, 5.74) is 3.44. The molecule has 116 valence electrons. The molecule has 1 N–H and O–H groups in total. The van der Waals surface area contributed by atoms with E-state index in [1.54, 1.807) is 11.3 Å². The van der Waals surface area contributed by atoms with Crippen LogP contribution in [0.3, 0.4) is 0 Å². The fourth-order valence-electron chi connectivity index (χ4n) is 3.18. The van der Waals surface area contributed by atoms with Crippen molar-refractivity contribution < 1.29 is 4.79 Å². The SMILES string of the molecule is Cn1cnc2c1C(C(=O)NC1CC1)CN(Cc1ccsc1)C2. The molecule has 0 saturated heterocycles. The lowest BCUT2D eigenvalue weighted by Gasteiger charge is -2.32. The van der Waals surface area contributed by atoms with Crippen LogP contribution in [0.15, 0.2) is 23.2 Å². The first-order chi connectivity index (χ1) is 10.7. The average molecular weight is 316 g/mol. The third-order valence-corrected chi connectivity index (χ3v) is 5.17. The summed E-state index contributed by atoms with van der Waals surface area (Å²) >= 11 is 1.72. The number of carbonyl (C=O) groups is 1. The molecule has 2 aromatic heterocycles. The van der Waals surface area contributed by atoms with Crippen molar-refractivity contribution in [2.45, 2.75) is 37.9 Å². The van der Waals surface area contributed by atoms with Gasteiger partial charge in [-0.25, -0.2) is 4.98 Å². The van der Waals surface area contributed by atoms with E-state index >= 15 is 0 Å². The van der Waals surface area contributed by atoms with Gasteiger partial charge in [0.15, 0.2) is 0 Å². The minimum atomic E-state index is -0.115. The first kappa shape index (κ1) is 14.0. The second kappa shape index (κ2) is 5.52. The van der Waals surface area contributed by atoms with E-state index in [2.05, 4.69) is 32.0 Å². The van der Waals surface area contributed by atoms with Crippen LogP contribution in [0.25, 0.3) is 0 Å². The van der Waals surface area contributed by atoms with E-state index in [0.29, 0.717) is 6.04 Å². The van der Waals surface area contributed by atoms with Gasteiger partial charge in [0.2, 0.25) is 5.91 Å². The van der Waals surface area contributed by atoms with Gasteiger partial charge in [0.25, 0.3) is 0 Å². The molecule has 1 amide bonds. The highest BCUT2D eigenvalue weighted by Crippen LogP contribution is 2.30. The van der Waals surface area contributed by atoms with Crippen molar-refractivity contribution in [1.29, 1.82) is 0 Å². The number of hydrogen-bond donors (Lipinski definition) is 1. The summed E-state index contributed by atoms with van der Waals surface area (Å²) in [5, 5.41) is 7.43. The molecule has 0 radical (unpaired) electrons. The van der Waals surface area contributed by atoms with Crippen LogP contribution in [0, 0.1) is 0 Å². The zero-order chi connectivity index (χ0) is 15.1. The molecule has 0 bridgehead atoms. The van der Waals surface area contributed by atoms with E-state index in [9.17, 15) is 4.79 Å². The lowest BCUT2D eigenvalue weighted by atomic mass is 9.96. The van der Waals surface area contributed by atoms with Gasteiger partial charge in [0.1, 0.15) is 0 Å². The predicted octanol–water partition coefficient (Wildman–Crippen LogP) is 1.86. The smallest absolute Gasteiger partial charge is 0.230 e. The Hall–Kier alpha value is -1.66. The van der Waals surface area contributed by atoms with Crippen molar-refractivity contribution in [1.82, 2.24) is 19.8 Å². The summed E-state index contributed by atoms with van der Waals surface area (Å²) in [6.07, 6.45) is 4.07. The van der Waals surface area contributed by atoms with Crippen molar-refractivity contribution >= 4 is 17.2 Å². The van der Waals surface area contributed by atoms with E-state index in [0.717, 1.165) is 43.9 Å². The van der Waals surface area contributed by atoms with Gasteiger partial charge in [-0.15, -0.1) is 0 Å². The van der Waals surface area contributed by atoms with Crippen molar-refractivity contribution in [2.24, 2.45) is 7.05 Å². The number of hydrogen-bond acceptors (Lipinski definition) is 4. The summed E-state index contributed by atoms with van der Waals surface area (Å²) in [4.78, 5) is 19.5. The van der Waals surface area contributed by atoms with Crippen LogP contribution in [-0.2, 0) is 24.9 Å². The van der Waals surface area contributed by atoms with Crippen molar-refractivity contribution in [2.75, 3.05) is 6.54 Å². The molecule has 5 nitrogen and oxygen atoms in total. The number of aromatic nitrogens is 2. The predicted molar refractivity (Wildman–Crippen MR) is 85.5 cm³/mol. The molecule has 3 heterocycles. The van der Waals surface area contributed by atoms with Crippen LogP contribution in [0.5, 0.6) is 0 Å². The maximum absolute atomic E-state index is 12.6. The third kappa shape index (κ3) is 2.68. The Balaban J connectivity index is 1.57. The fraction of sp³-hybridized carbons (Fsp3) is 0.500. The van der Waals surface area contributed by atoms with Crippen molar-refractivity contribution in [3.05, 3.63) is 40.1 Å². The summed E-state index contributed by atoms with van der Waals surface area (Å²) in [5.74, 6) is 0.0397. The standard InChI is InChI=1S/C16H20N4OS/c1-19-10-17-14-8-20(6-11-4-5-22-9-11)7-13(15(14)19)16(21)18-12-2-3-12/h4-5,9-10,12-13H,2-3,6-8H2,1H3,(H,18,21). The lowest BCUT2D eigenvalue weighted by Crippen LogP contribution is -2.42. The van der Waals surface area contributed by atoms with Crippen LogP contribution in [0.4, 0.5) is 0 Å². The summed E-state index contributed by atoms with van der Waals surface area (Å²) in [6.45, 7) is 2.47. The monoisotopic (exact) mass is 316 g/mol. The van der Waals surface area contributed by atoms with E-state index < -0.39 is 0 Å². The Kier molecular flexibility index (Phi) is 3.50. The van der Waals surface area contributed by atoms with Crippen LogP contribution >= 0.6 is 11.3 Å². The number of thiophene rings is 1. The van der Waals surface area contributed by atoms with Gasteiger partial charge in [-0.1, -0.05) is 0 Å². The van der Waals surface area contributed by atoms with E-state index in [4.69, 9.17) is 0 Å². The van der Waals surface area contributed by atoms with Gasteiger partial charge in [-0.3, -0.25) is 9.69 Å². The van der Waals surface area contributed by atoms with Gasteiger partial charge in [-0.05, 0) is 35.2 Å². The molecule has 1 aliphatic heterocycles. The van der Waals surface area contributed by atoms with Gasteiger partial charge in [0, 0.05) is 32.7 Å². The molecule has 1 saturated carbocycles. The quantitative estimate of drug-likeness (QED) is 0.937. The van der Waals surface area contributed by atoms with Crippen LogP contribution in [0.1, 0.15) is 35.7 Å². The summed E-state index contributed by atoms with van der Waals surface area (Å²) in [7, 11) is 1.98. The number of fused-ring (bicyclic) bond motifs is 1. The Morgan fingerprint density at radius 2 is 2.36 bits per heavy atom. The second-order valence-electron chi connectivity index (χ2n) is 6.32. The number of carbonyl (C=O) groups excluding carboxylic acids is 1. The minimum absolute atomic E-state index is 0.115. The topological polar surface area (TPSA) is 50.2 Å². The molecule has 22 heavy (non-hydrogen) atoms. The molecule has 2 aromatic rings. The minimum Gasteiger partial charge on any atom is -0.353 e. The van der Waals surface area contributed by atoms with Gasteiger partial charge in [-0.2, -0.15) is 11.3 Å². The average Bonchev–Trinajstić information content (AvgIpc) is 3.02. The van der Waals surface area contributed by atoms with Crippen molar-refractivity contribution in [3.8, 4) is 0 Å². The number of amides is 1. The molecule has 4 rings (SSSR count). The van der Waals surface area contributed by atoms with Crippen LogP contribution in [-0.4, -0.2) is 32.9 Å². The number of imidazole rings is 1. The maximum atomic E-state index is 12.6. The molecule has 1 aliphatic carbocycles. The van der Waals surface area contributed by atoms with E-state index in [1.165, 1.54) is 5.56 Å². The van der Waals surface area contributed by atoms with Gasteiger partial charge < -0.3 is 9.88 Å². The van der Waals surface area contributed by atoms with Crippen LogP contribution < -0.4 is 5.32 Å². The number of nitrogens with zero attached hydrogens (tertiary/aromatic N) is 3. The molecule has 0 aromatic carbocycles. The first-order valence-corrected chi connectivity index (χ1v) is 8.69. The lowest BCUT2D eigenvalue weighted by molar-refractivity contribution is -0.123. The zero-order valence-electron chi connectivity index (χ0n) is 12.7. The highest BCUT2D eigenvalue weighted by molar-refractivity contribution is 7.07. The highest BCUT2D eigenvalue weighted by Gasteiger charge is 2.36. The molecular formula is C16H20N4OS. The third-order valence-electron chi connectivity index (χ3n) is 4.43. The Morgan fingerprint density at radius 1 is 1.50 bits per heavy atom. The largest absolute Gasteiger partial charge is 0.353 e. The first-order valence-electron chi connectivity index (χ1n) is 7.74.